The quantitative estimate of drug-likeness (QED) is 0.0707. The number of piperidine rings is 2. The molecule has 5 amide bonds. The number of nitrogens with zero attached hydrogens (tertiary/aromatic N) is 6. The van der Waals surface area contributed by atoms with Gasteiger partial charge in [-0.3, -0.25) is 34.2 Å². The van der Waals surface area contributed by atoms with E-state index >= 15 is 17.6 Å². The average Bonchev–Trinajstić information content (AvgIpc) is 4.13. The van der Waals surface area contributed by atoms with Crippen LogP contribution in [0.4, 0.5) is 28.2 Å². The molecule has 4 fully saturated rings. The number of imide groups is 1. The normalized spacial score (nSPS) is 22.5. The van der Waals surface area contributed by atoms with E-state index in [1.807, 2.05) is 42.2 Å². The third-order valence-electron chi connectivity index (χ3n) is 17.1. The second kappa shape index (κ2) is 22.8. The number of likely N-dealkylation sites (tertiary alicyclic amines) is 2. The highest BCUT2D eigenvalue weighted by atomic mass is 35.5. The number of nitrogens with one attached hydrogen (secondary N) is 1. The minimum Gasteiger partial charge on any atom is -0.488 e. The fourth-order valence-corrected chi connectivity index (χ4v) is 13.3. The van der Waals surface area contributed by atoms with Gasteiger partial charge in [0.1, 0.15) is 29.5 Å². The summed E-state index contributed by atoms with van der Waals surface area (Å²) >= 11 is 6.77. The van der Waals surface area contributed by atoms with Gasteiger partial charge in [-0.15, -0.1) is 0 Å². The Morgan fingerprint density at radius 2 is 1.60 bits per heavy atom. The third-order valence-corrected chi connectivity index (χ3v) is 17.4. The maximum atomic E-state index is 16.6. The van der Waals surface area contributed by atoms with Crippen molar-refractivity contribution in [3.8, 4) is 22.6 Å². The van der Waals surface area contributed by atoms with E-state index in [0.29, 0.717) is 76.2 Å². The van der Waals surface area contributed by atoms with Gasteiger partial charge in [0.05, 0.1) is 29.2 Å². The Labute approximate surface area is 454 Å². The lowest BCUT2D eigenvalue weighted by atomic mass is 9.76. The number of nitrogens with two attached hydrogens (primary N) is 1. The van der Waals surface area contributed by atoms with Crippen LogP contribution in [0, 0.1) is 35.1 Å². The van der Waals surface area contributed by atoms with E-state index in [4.69, 9.17) is 26.8 Å². The molecule has 4 aromatic carbocycles. The fraction of sp³-hybridized carbons (Fsp3) is 0.491. The summed E-state index contributed by atoms with van der Waals surface area (Å²) in [5.41, 5.74) is 5.07. The molecule has 5 heterocycles. The van der Waals surface area contributed by atoms with Gasteiger partial charge in [-0.1, -0.05) is 48.9 Å². The standard InChI is InChI=1S/C57H65ClF4N8O8/c1-32-45-43(29-41(60)49(58)48(45)47-38(53(63)74)12-13-42(50(47)61)77-27-26-72)78-57(32,36-6-4-3-5-7-36)31-69(24-25-71)37-10-8-35(9-11-37)55(75)68-21-14-33(15-22-68)30-67-19-16-34(17-20-67)46-40(59)28-39-52(51(46)62)66(2)65-54(39)70-23-18-44(73)64-56(70)76/h3-7,12-13,28-29,32-35,37,71-72H,8-11,14-27,30-31H2,1-2H3,(H2,63,74)(H,64,73,76). The number of anilines is 1. The zero-order valence-corrected chi connectivity index (χ0v) is 44.5. The average molecular weight is 1100 g/mol. The molecule has 16 nitrogen and oxygen atoms in total. The van der Waals surface area contributed by atoms with Crippen LogP contribution >= 0.6 is 11.6 Å². The van der Waals surface area contributed by atoms with Crippen LogP contribution < -0.4 is 25.4 Å². The molecule has 5 aromatic rings. The number of aliphatic hydroxyl groups excluding tert-OH is 2. The lowest BCUT2D eigenvalue weighted by Gasteiger charge is -2.44. The second-order valence-corrected chi connectivity index (χ2v) is 21.9. The number of urea groups is 1. The summed E-state index contributed by atoms with van der Waals surface area (Å²) in [5, 5.41) is 26.3. The van der Waals surface area contributed by atoms with E-state index in [2.05, 4.69) is 20.2 Å². The highest BCUT2D eigenvalue weighted by molar-refractivity contribution is 6.34. The predicted octanol–water partition coefficient (Wildman–Crippen LogP) is 7.73. The van der Waals surface area contributed by atoms with Gasteiger partial charge in [-0.05, 0) is 100 Å². The van der Waals surface area contributed by atoms with E-state index in [-0.39, 0.29) is 114 Å². The molecule has 0 bridgehead atoms. The fourth-order valence-electron chi connectivity index (χ4n) is 13.0. The van der Waals surface area contributed by atoms with Crippen molar-refractivity contribution in [2.45, 2.75) is 88.2 Å². The van der Waals surface area contributed by atoms with Gasteiger partial charge in [-0.25, -0.2) is 22.4 Å². The monoisotopic (exact) mass is 1100 g/mol. The molecule has 4 aliphatic heterocycles. The number of halogens is 5. The zero-order valence-electron chi connectivity index (χ0n) is 43.7. The minimum atomic E-state index is -1.23. The molecule has 5 aliphatic rings. The summed E-state index contributed by atoms with van der Waals surface area (Å²) in [6.45, 7) is 5.03. The molecule has 10 rings (SSSR count). The van der Waals surface area contributed by atoms with Crippen LogP contribution in [-0.2, 0) is 22.2 Å². The summed E-state index contributed by atoms with van der Waals surface area (Å²) in [6, 6.07) is 13.5. The zero-order chi connectivity index (χ0) is 55.2. The van der Waals surface area contributed by atoms with Crippen LogP contribution in [0.15, 0.2) is 54.6 Å². The van der Waals surface area contributed by atoms with Gasteiger partial charge in [-0.2, -0.15) is 5.10 Å². The SMILES string of the molecule is CC1c2c(cc(F)c(Cl)c2-c2c(C(N)=O)ccc(OCCO)c2F)OC1(CN(CCO)C1CCC(C(=O)N2CCC(CN3CCC(c4c(F)cc5c(N6CCC(=O)NC6=O)nn(C)c5c4F)CC3)CC2)CC1)c1ccccc1. The predicted molar refractivity (Wildman–Crippen MR) is 283 cm³/mol. The van der Waals surface area contributed by atoms with E-state index in [1.165, 1.54) is 27.8 Å². The van der Waals surface area contributed by atoms with Crippen molar-refractivity contribution in [1.29, 1.82) is 0 Å². The molecule has 0 spiro atoms. The Kier molecular flexibility index (Phi) is 16.1. The molecule has 2 atom stereocenters. The lowest BCUT2D eigenvalue weighted by molar-refractivity contribution is -0.138. The first-order chi connectivity index (χ1) is 37.5. The number of ether oxygens (including phenoxy) is 2. The Morgan fingerprint density at radius 1 is 0.885 bits per heavy atom. The number of hydrogen-bond donors (Lipinski definition) is 4. The van der Waals surface area contributed by atoms with Crippen molar-refractivity contribution >= 4 is 52.1 Å². The summed E-state index contributed by atoms with van der Waals surface area (Å²) < 4.78 is 78.5. The number of aliphatic hydroxyl groups is 2. The number of amides is 5. The van der Waals surface area contributed by atoms with E-state index < -0.39 is 64.3 Å². The van der Waals surface area contributed by atoms with Crippen LogP contribution in [0.3, 0.4) is 0 Å². The first-order valence-electron chi connectivity index (χ1n) is 27.0. The Hall–Kier alpha value is -6.32. The molecule has 1 aromatic heterocycles. The van der Waals surface area contributed by atoms with Crippen molar-refractivity contribution in [3.05, 3.63) is 105 Å². The molecule has 0 radical (unpaired) electrons. The molecule has 78 heavy (non-hydrogen) atoms. The highest BCUT2D eigenvalue weighted by Gasteiger charge is 2.52. The van der Waals surface area contributed by atoms with Crippen LogP contribution in [0.5, 0.6) is 11.5 Å². The summed E-state index contributed by atoms with van der Waals surface area (Å²) in [6.07, 6.45) is 5.48. The maximum absolute atomic E-state index is 16.6. The topological polar surface area (TPSA) is 196 Å². The van der Waals surface area contributed by atoms with Gasteiger partial charge in [0.2, 0.25) is 17.7 Å². The largest absolute Gasteiger partial charge is 0.488 e. The number of hydrogen-bond acceptors (Lipinski definition) is 11. The summed E-state index contributed by atoms with van der Waals surface area (Å²) in [7, 11) is 1.55. The van der Waals surface area contributed by atoms with Crippen molar-refractivity contribution in [2.24, 2.45) is 24.6 Å². The number of aryl methyl sites for hydroxylation is 1. The molecule has 416 valence electrons. The molecular formula is C57H65ClF4N8O8. The number of rotatable bonds is 16. The molecule has 1 aliphatic carbocycles. The Balaban J connectivity index is 0.769. The first kappa shape index (κ1) is 55.0. The Morgan fingerprint density at radius 3 is 2.27 bits per heavy atom. The van der Waals surface area contributed by atoms with E-state index in [0.717, 1.165) is 31.0 Å². The third kappa shape index (κ3) is 10.3. The molecule has 3 saturated heterocycles. The molecule has 21 heteroatoms. The van der Waals surface area contributed by atoms with Crippen LogP contribution in [0.1, 0.15) is 104 Å². The van der Waals surface area contributed by atoms with Crippen molar-refractivity contribution in [3.63, 3.8) is 0 Å². The van der Waals surface area contributed by atoms with Gasteiger partial charge in [0, 0.05) is 98.9 Å². The van der Waals surface area contributed by atoms with Crippen LogP contribution in [0.25, 0.3) is 22.0 Å². The highest BCUT2D eigenvalue weighted by Crippen LogP contribution is 2.57. The molecule has 1 saturated carbocycles. The lowest BCUT2D eigenvalue weighted by Crippen LogP contribution is -2.52. The van der Waals surface area contributed by atoms with Gasteiger partial charge >= 0.3 is 6.03 Å². The second-order valence-electron chi connectivity index (χ2n) is 21.5. The minimum absolute atomic E-state index is 0.0286. The molecular weight excluding hydrogens is 1040 g/mol. The number of primary amides is 1. The number of aromatic nitrogens is 2. The maximum Gasteiger partial charge on any atom is 0.329 e. The summed E-state index contributed by atoms with van der Waals surface area (Å²) in [4.78, 5) is 59.1. The number of carbonyl (C=O) groups excluding carboxylic acids is 4. The van der Waals surface area contributed by atoms with E-state index in [1.54, 1.807) is 7.05 Å². The smallest absolute Gasteiger partial charge is 0.329 e. The van der Waals surface area contributed by atoms with Gasteiger partial charge in [0.15, 0.2) is 28.8 Å². The molecule has 2 unspecified atom stereocenters. The first-order valence-corrected chi connectivity index (χ1v) is 27.4. The number of carbonyl (C=O) groups is 4. The van der Waals surface area contributed by atoms with E-state index in [9.17, 15) is 29.4 Å². The van der Waals surface area contributed by atoms with Gasteiger partial charge in [0.25, 0.3) is 0 Å². The van der Waals surface area contributed by atoms with Crippen molar-refractivity contribution in [1.82, 2.24) is 29.8 Å². The van der Waals surface area contributed by atoms with Crippen LogP contribution in [0.2, 0.25) is 5.02 Å². The van der Waals surface area contributed by atoms with Crippen molar-refractivity contribution in [2.75, 3.05) is 77.1 Å². The van der Waals surface area contributed by atoms with Crippen molar-refractivity contribution < 1.29 is 56.4 Å². The molecule has 5 N–H and O–H groups in total. The number of fused-ring (bicyclic) bond motifs is 2. The summed E-state index contributed by atoms with van der Waals surface area (Å²) in [5.74, 6) is -5.44. The Bertz CT molecular complexity index is 3110. The van der Waals surface area contributed by atoms with Crippen LogP contribution in [-0.4, -0.2) is 137 Å². The van der Waals surface area contributed by atoms with Gasteiger partial charge < -0.3 is 35.2 Å². The number of benzene rings is 4.